The Morgan fingerprint density at radius 1 is 1.00 bits per heavy atom. The number of nitrogens with zero attached hydrogens (tertiary/aromatic N) is 5. The van der Waals surface area contributed by atoms with E-state index >= 15 is 0 Å². The van der Waals surface area contributed by atoms with Crippen LogP contribution in [0.4, 0.5) is 26.3 Å². The molecule has 2 aromatic heterocycles. The lowest BCUT2D eigenvalue weighted by atomic mass is 10.0. The Labute approximate surface area is 165 Å². The van der Waals surface area contributed by atoms with Crippen LogP contribution in [0, 0.1) is 11.3 Å². The molecule has 0 aliphatic carbocycles. The van der Waals surface area contributed by atoms with Crippen molar-refractivity contribution in [1.82, 2.24) is 19.7 Å². The van der Waals surface area contributed by atoms with E-state index in [4.69, 9.17) is 5.26 Å². The van der Waals surface area contributed by atoms with Crippen LogP contribution in [0.15, 0.2) is 43.0 Å². The maximum absolute atomic E-state index is 13.0. The minimum atomic E-state index is -4.96. The van der Waals surface area contributed by atoms with E-state index in [0.29, 0.717) is 28.8 Å². The van der Waals surface area contributed by atoms with Gasteiger partial charge >= 0.3 is 12.4 Å². The van der Waals surface area contributed by atoms with Crippen LogP contribution in [0.1, 0.15) is 29.2 Å². The number of hydrogen-bond donors (Lipinski definition) is 0. The third-order valence-electron chi connectivity index (χ3n) is 4.00. The number of aromatic nitrogens is 4. The first-order valence-corrected chi connectivity index (χ1v) is 8.22. The monoisotopic (exact) mass is 423 g/mol. The van der Waals surface area contributed by atoms with Gasteiger partial charge in [-0.05, 0) is 42.3 Å². The standard InChI is InChI=1S/C19H11F6N5/c1-11(14-2-12(6-26)7-27-8-14)9-30-10-28-17(29-30)13-3-15(18(20,21)22)5-16(4-13)19(23,24)25/h2-5,7-10H,1H3/b11-9+. The summed E-state index contributed by atoms with van der Waals surface area (Å²) in [7, 11) is 0. The quantitative estimate of drug-likeness (QED) is 0.539. The smallest absolute Gasteiger partial charge is 0.263 e. The van der Waals surface area contributed by atoms with Crippen LogP contribution >= 0.6 is 0 Å². The topological polar surface area (TPSA) is 67.4 Å². The van der Waals surface area contributed by atoms with Gasteiger partial charge in [-0.15, -0.1) is 5.10 Å². The van der Waals surface area contributed by atoms with Crippen molar-refractivity contribution in [3.63, 3.8) is 0 Å². The Kier molecular flexibility index (Phi) is 5.35. The Bertz CT molecular complexity index is 1120. The van der Waals surface area contributed by atoms with Crippen molar-refractivity contribution in [2.24, 2.45) is 0 Å². The molecule has 0 radical (unpaired) electrons. The van der Waals surface area contributed by atoms with E-state index in [2.05, 4.69) is 15.1 Å². The molecule has 0 atom stereocenters. The van der Waals surface area contributed by atoms with Gasteiger partial charge in [-0.25, -0.2) is 9.67 Å². The van der Waals surface area contributed by atoms with Crippen LogP contribution in [0.5, 0.6) is 0 Å². The fourth-order valence-electron chi connectivity index (χ4n) is 2.54. The average molecular weight is 423 g/mol. The maximum atomic E-state index is 13.0. The summed E-state index contributed by atoms with van der Waals surface area (Å²) in [6, 6.07) is 4.67. The van der Waals surface area contributed by atoms with E-state index in [1.54, 1.807) is 13.0 Å². The van der Waals surface area contributed by atoms with Crippen molar-refractivity contribution in [2.75, 3.05) is 0 Å². The summed E-state index contributed by atoms with van der Waals surface area (Å²) in [6.07, 6.45) is -4.47. The van der Waals surface area contributed by atoms with Crippen molar-refractivity contribution in [3.05, 3.63) is 65.2 Å². The van der Waals surface area contributed by atoms with Gasteiger partial charge in [-0.2, -0.15) is 31.6 Å². The van der Waals surface area contributed by atoms with E-state index in [0.717, 1.165) is 11.0 Å². The number of rotatable bonds is 3. The van der Waals surface area contributed by atoms with Crippen LogP contribution in [-0.2, 0) is 12.4 Å². The lowest BCUT2D eigenvalue weighted by molar-refractivity contribution is -0.143. The maximum Gasteiger partial charge on any atom is 0.416 e. The Morgan fingerprint density at radius 2 is 1.63 bits per heavy atom. The molecule has 0 aliphatic heterocycles. The highest BCUT2D eigenvalue weighted by molar-refractivity contribution is 5.73. The van der Waals surface area contributed by atoms with E-state index in [9.17, 15) is 26.3 Å². The normalized spacial score (nSPS) is 12.7. The first-order valence-electron chi connectivity index (χ1n) is 8.22. The largest absolute Gasteiger partial charge is 0.416 e. The molecule has 3 aromatic rings. The summed E-state index contributed by atoms with van der Waals surface area (Å²) < 4.78 is 79.3. The van der Waals surface area contributed by atoms with Crippen LogP contribution in [0.3, 0.4) is 0 Å². The predicted octanol–water partition coefficient (Wildman–Crippen LogP) is 5.27. The van der Waals surface area contributed by atoms with Crippen LogP contribution < -0.4 is 0 Å². The molecule has 0 N–H and O–H groups in total. The number of benzene rings is 1. The first kappa shape index (κ1) is 21.0. The summed E-state index contributed by atoms with van der Waals surface area (Å²) >= 11 is 0. The fraction of sp³-hybridized carbons (Fsp3) is 0.158. The highest BCUT2D eigenvalue weighted by atomic mass is 19.4. The molecule has 0 spiro atoms. The van der Waals surface area contributed by atoms with Crippen molar-refractivity contribution < 1.29 is 26.3 Å². The van der Waals surface area contributed by atoms with Crippen molar-refractivity contribution in [1.29, 1.82) is 5.26 Å². The molecule has 30 heavy (non-hydrogen) atoms. The van der Waals surface area contributed by atoms with Gasteiger partial charge in [-0.3, -0.25) is 4.98 Å². The number of nitriles is 1. The SMILES string of the molecule is C/C(=C\n1cnc(-c2cc(C(F)(F)F)cc(C(F)(F)F)c2)n1)c1cncc(C#N)c1. The number of hydrogen-bond acceptors (Lipinski definition) is 4. The summed E-state index contributed by atoms with van der Waals surface area (Å²) in [5.41, 5.74) is -1.82. The summed E-state index contributed by atoms with van der Waals surface area (Å²) in [5.74, 6) is -0.306. The summed E-state index contributed by atoms with van der Waals surface area (Å²) in [5, 5.41) is 12.9. The molecule has 11 heteroatoms. The van der Waals surface area contributed by atoms with Crippen molar-refractivity contribution >= 4 is 11.8 Å². The van der Waals surface area contributed by atoms with Gasteiger partial charge in [0.2, 0.25) is 0 Å². The summed E-state index contributed by atoms with van der Waals surface area (Å²) in [4.78, 5) is 7.73. The molecule has 154 valence electrons. The molecule has 0 unspecified atom stereocenters. The van der Waals surface area contributed by atoms with E-state index in [-0.39, 0.29) is 11.9 Å². The van der Waals surface area contributed by atoms with Gasteiger partial charge in [-0.1, -0.05) is 0 Å². The zero-order chi connectivity index (χ0) is 22.1. The molecule has 0 saturated heterocycles. The van der Waals surface area contributed by atoms with Gasteiger partial charge in [0, 0.05) is 24.2 Å². The zero-order valence-electron chi connectivity index (χ0n) is 15.1. The predicted molar refractivity (Wildman–Crippen MR) is 94.3 cm³/mol. The molecular weight excluding hydrogens is 412 g/mol. The van der Waals surface area contributed by atoms with E-state index in [1.807, 2.05) is 6.07 Å². The molecule has 2 heterocycles. The summed E-state index contributed by atoms with van der Waals surface area (Å²) in [6.45, 7) is 1.67. The third-order valence-corrected chi connectivity index (χ3v) is 4.00. The highest BCUT2D eigenvalue weighted by Crippen LogP contribution is 2.38. The number of alkyl halides is 6. The zero-order valence-corrected chi connectivity index (χ0v) is 15.1. The molecule has 0 aliphatic rings. The van der Waals surface area contributed by atoms with Crippen molar-refractivity contribution in [3.8, 4) is 17.5 Å². The molecule has 0 saturated carbocycles. The van der Waals surface area contributed by atoms with Crippen LogP contribution in [0.25, 0.3) is 23.2 Å². The van der Waals surface area contributed by atoms with Gasteiger partial charge in [0.25, 0.3) is 0 Å². The Hall–Kier alpha value is -3.68. The van der Waals surface area contributed by atoms with Crippen LogP contribution in [0.2, 0.25) is 0 Å². The molecular formula is C19H11F6N5. The van der Waals surface area contributed by atoms with Crippen LogP contribution in [-0.4, -0.2) is 19.7 Å². The van der Waals surface area contributed by atoms with Gasteiger partial charge < -0.3 is 0 Å². The lowest BCUT2D eigenvalue weighted by Crippen LogP contribution is -2.11. The van der Waals surface area contributed by atoms with Gasteiger partial charge in [0.1, 0.15) is 12.4 Å². The van der Waals surface area contributed by atoms with E-state index in [1.165, 1.54) is 18.6 Å². The molecule has 5 nitrogen and oxygen atoms in total. The molecule has 1 aromatic carbocycles. The minimum absolute atomic E-state index is 0.0414. The Balaban J connectivity index is 2.00. The second kappa shape index (κ2) is 7.62. The van der Waals surface area contributed by atoms with Gasteiger partial charge in [0.15, 0.2) is 5.82 Å². The lowest BCUT2D eigenvalue weighted by Gasteiger charge is -2.13. The fourth-order valence-corrected chi connectivity index (χ4v) is 2.54. The molecule has 0 fully saturated rings. The Morgan fingerprint density at radius 3 is 2.20 bits per heavy atom. The molecule has 0 amide bonds. The van der Waals surface area contributed by atoms with E-state index < -0.39 is 29.0 Å². The minimum Gasteiger partial charge on any atom is -0.263 e. The molecule has 3 rings (SSSR count). The van der Waals surface area contributed by atoms with Gasteiger partial charge in [0.05, 0.1) is 16.7 Å². The van der Waals surface area contributed by atoms with Crippen molar-refractivity contribution in [2.45, 2.75) is 19.3 Å². The number of allylic oxidation sites excluding steroid dienone is 1. The number of pyridine rings is 1. The highest BCUT2D eigenvalue weighted by Gasteiger charge is 2.37. The second-order valence-electron chi connectivity index (χ2n) is 6.23. The third kappa shape index (κ3) is 4.65. The number of halogens is 6. The first-order chi connectivity index (χ1) is 14.0. The average Bonchev–Trinajstić information content (AvgIpc) is 3.15. The second-order valence-corrected chi connectivity index (χ2v) is 6.23. The molecule has 0 bridgehead atoms.